The Bertz CT molecular complexity index is 368. The molecule has 2 N–H and O–H groups in total. The zero-order valence-corrected chi connectivity index (χ0v) is 12.0. The van der Waals surface area contributed by atoms with Crippen LogP contribution in [0.3, 0.4) is 0 Å². The van der Waals surface area contributed by atoms with Crippen molar-refractivity contribution in [3.05, 3.63) is 5.69 Å². The van der Waals surface area contributed by atoms with Crippen LogP contribution in [0.1, 0.15) is 26.5 Å². The third-order valence-electron chi connectivity index (χ3n) is 2.45. The number of rotatable bonds is 8. The Balaban J connectivity index is 2.56. The Kier molecular flexibility index (Phi) is 6.59. The molecule has 0 bridgehead atoms. The fraction of sp³-hybridized carbons (Fsp3) is 0.727. The Hall–Kier alpha value is -1.21. The average molecular weight is 271 g/mol. The number of amides is 1. The van der Waals surface area contributed by atoms with Crippen LogP contribution in [0.5, 0.6) is 0 Å². The minimum atomic E-state index is 0.0486. The highest BCUT2D eigenvalue weighted by atomic mass is 32.1. The summed E-state index contributed by atoms with van der Waals surface area (Å²) in [4.78, 5) is 13.6. The molecule has 0 spiro atoms. The molecular weight excluding hydrogens is 250 g/mol. The summed E-state index contributed by atoms with van der Waals surface area (Å²) in [7, 11) is 0. The van der Waals surface area contributed by atoms with Gasteiger partial charge in [0.15, 0.2) is 0 Å². The maximum Gasteiger partial charge on any atom is 0.234 e. The van der Waals surface area contributed by atoms with E-state index in [2.05, 4.69) is 20.2 Å². The van der Waals surface area contributed by atoms with Crippen LogP contribution in [0.4, 0.5) is 5.00 Å². The van der Waals surface area contributed by atoms with Crippen LogP contribution in [-0.4, -0.2) is 46.6 Å². The summed E-state index contributed by atoms with van der Waals surface area (Å²) in [6.45, 7) is 9.35. The van der Waals surface area contributed by atoms with Crippen molar-refractivity contribution < 1.29 is 4.79 Å². The van der Waals surface area contributed by atoms with Gasteiger partial charge in [-0.05, 0) is 20.4 Å². The molecule has 0 radical (unpaired) electrons. The molecule has 0 aliphatic rings. The first-order valence-corrected chi connectivity index (χ1v) is 7.02. The van der Waals surface area contributed by atoms with E-state index in [1.54, 1.807) is 0 Å². The third-order valence-corrected chi connectivity index (χ3v) is 3.18. The van der Waals surface area contributed by atoms with Crippen molar-refractivity contribution in [2.45, 2.75) is 27.3 Å². The lowest BCUT2D eigenvalue weighted by Crippen LogP contribution is -2.36. The summed E-state index contributed by atoms with van der Waals surface area (Å²) >= 11 is 1.36. The Morgan fingerprint density at radius 3 is 2.72 bits per heavy atom. The molecule has 6 nitrogen and oxygen atoms in total. The molecule has 102 valence electrons. The number of nitrogens with zero attached hydrogens (tertiary/aromatic N) is 3. The zero-order valence-electron chi connectivity index (χ0n) is 11.2. The Morgan fingerprint density at radius 1 is 1.33 bits per heavy atom. The van der Waals surface area contributed by atoms with Crippen LogP contribution in [-0.2, 0) is 11.3 Å². The summed E-state index contributed by atoms with van der Waals surface area (Å²) < 4.78 is 3.95. The number of carbonyl (C=O) groups excluding carboxylic acids is 1. The predicted octanol–water partition coefficient (Wildman–Crippen LogP) is 0.928. The molecule has 1 rings (SSSR count). The van der Waals surface area contributed by atoms with Gasteiger partial charge < -0.3 is 10.6 Å². The van der Waals surface area contributed by atoms with Gasteiger partial charge in [0.2, 0.25) is 5.91 Å². The summed E-state index contributed by atoms with van der Waals surface area (Å²) in [5, 5.41) is 11.1. The van der Waals surface area contributed by atoms with E-state index in [0.29, 0.717) is 19.6 Å². The Morgan fingerprint density at radius 2 is 2.11 bits per heavy atom. The molecule has 0 atom stereocenters. The second-order valence-corrected chi connectivity index (χ2v) is 4.59. The minimum Gasteiger partial charge on any atom is -0.374 e. The zero-order chi connectivity index (χ0) is 13.4. The molecule has 0 saturated heterocycles. The van der Waals surface area contributed by atoms with E-state index in [-0.39, 0.29) is 5.91 Å². The topological polar surface area (TPSA) is 70.2 Å². The molecule has 1 aromatic heterocycles. The lowest BCUT2D eigenvalue weighted by atomic mass is 10.3. The van der Waals surface area contributed by atoms with Crippen LogP contribution < -0.4 is 10.6 Å². The Labute approximate surface area is 112 Å². The van der Waals surface area contributed by atoms with Gasteiger partial charge in [-0.15, -0.1) is 5.10 Å². The molecule has 1 amide bonds. The van der Waals surface area contributed by atoms with Crippen molar-refractivity contribution >= 4 is 22.4 Å². The number of nitrogens with one attached hydrogen (secondary N) is 2. The standard InChI is InChI=1S/C11H21N5OS/c1-4-12-10(17)8-16(6-3)7-9-11(13-5-2)18-15-14-9/h13H,4-8H2,1-3H3,(H,12,17). The molecule has 1 aromatic rings. The van der Waals surface area contributed by atoms with Crippen LogP contribution >= 0.6 is 11.5 Å². The summed E-state index contributed by atoms with van der Waals surface area (Å²) in [6, 6.07) is 0. The second kappa shape index (κ2) is 7.99. The minimum absolute atomic E-state index is 0.0486. The van der Waals surface area contributed by atoms with Crippen LogP contribution in [0.15, 0.2) is 0 Å². The smallest absolute Gasteiger partial charge is 0.234 e. The van der Waals surface area contributed by atoms with Gasteiger partial charge in [-0.25, -0.2) is 0 Å². The third kappa shape index (κ3) is 4.58. The molecule has 0 aromatic carbocycles. The summed E-state index contributed by atoms with van der Waals surface area (Å²) in [5.74, 6) is 0.0486. The van der Waals surface area contributed by atoms with Crippen molar-refractivity contribution in [2.75, 3.05) is 31.5 Å². The summed E-state index contributed by atoms with van der Waals surface area (Å²) in [5.41, 5.74) is 0.910. The normalized spacial score (nSPS) is 10.7. The van der Waals surface area contributed by atoms with Crippen molar-refractivity contribution in [1.82, 2.24) is 19.8 Å². The first-order chi connectivity index (χ1) is 8.71. The highest BCUT2D eigenvalue weighted by molar-refractivity contribution is 7.10. The van der Waals surface area contributed by atoms with Gasteiger partial charge in [0, 0.05) is 31.2 Å². The van der Waals surface area contributed by atoms with Gasteiger partial charge in [0.05, 0.1) is 6.54 Å². The molecule has 1 heterocycles. The molecule has 0 aliphatic carbocycles. The lowest BCUT2D eigenvalue weighted by molar-refractivity contribution is -0.122. The maximum absolute atomic E-state index is 11.5. The number of carbonyl (C=O) groups is 1. The van der Waals surface area contributed by atoms with E-state index in [9.17, 15) is 4.79 Å². The first-order valence-electron chi connectivity index (χ1n) is 6.25. The highest BCUT2D eigenvalue weighted by Gasteiger charge is 2.14. The van der Waals surface area contributed by atoms with Gasteiger partial charge in [0.25, 0.3) is 0 Å². The fourth-order valence-corrected chi connectivity index (χ4v) is 2.20. The molecule has 0 saturated carbocycles. The predicted molar refractivity (Wildman–Crippen MR) is 73.7 cm³/mol. The summed E-state index contributed by atoms with van der Waals surface area (Å²) in [6.07, 6.45) is 0. The molecule has 0 aliphatic heterocycles. The molecule has 0 fully saturated rings. The van der Waals surface area contributed by atoms with Gasteiger partial charge >= 0.3 is 0 Å². The monoisotopic (exact) mass is 271 g/mol. The number of likely N-dealkylation sites (N-methyl/N-ethyl adjacent to an activating group) is 2. The van der Waals surface area contributed by atoms with Crippen LogP contribution in [0.25, 0.3) is 0 Å². The van der Waals surface area contributed by atoms with Crippen LogP contribution in [0.2, 0.25) is 0 Å². The maximum atomic E-state index is 11.5. The molecule has 0 unspecified atom stereocenters. The second-order valence-electron chi connectivity index (χ2n) is 3.84. The van der Waals surface area contributed by atoms with Crippen molar-refractivity contribution in [3.63, 3.8) is 0 Å². The van der Waals surface area contributed by atoms with Gasteiger partial charge in [-0.2, -0.15) is 0 Å². The number of aromatic nitrogens is 2. The highest BCUT2D eigenvalue weighted by Crippen LogP contribution is 2.18. The van der Waals surface area contributed by atoms with Crippen LogP contribution in [0, 0.1) is 0 Å². The fourth-order valence-electron chi connectivity index (χ4n) is 1.55. The van der Waals surface area contributed by atoms with E-state index >= 15 is 0 Å². The number of anilines is 1. The van der Waals surface area contributed by atoms with Gasteiger partial charge in [-0.3, -0.25) is 9.69 Å². The van der Waals surface area contributed by atoms with E-state index in [1.807, 2.05) is 25.7 Å². The van der Waals surface area contributed by atoms with Crippen molar-refractivity contribution in [1.29, 1.82) is 0 Å². The molecular formula is C11H21N5OS. The van der Waals surface area contributed by atoms with E-state index in [4.69, 9.17) is 0 Å². The largest absolute Gasteiger partial charge is 0.374 e. The number of hydrogen-bond acceptors (Lipinski definition) is 6. The van der Waals surface area contributed by atoms with E-state index < -0.39 is 0 Å². The lowest BCUT2D eigenvalue weighted by Gasteiger charge is -2.18. The quantitative estimate of drug-likeness (QED) is 0.736. The molecule has 7 heteroatoms. The number of hydrogen-bond donors (Lipinski definition) is 2. The average Bonchev–Trinajstić information content (AvgIpc) is 2.76. The molecule has 18 heavy (non-hydrogen) atoms. The van der Waals surface area contributed by atoms with E-state index in [0.717, 1.165) is 23.8 Å². The first kappa shape index (κ1) is 14.8. The van der Waals surface area contributed by atoms with Crippen molar-refractivity contribution in [2.24, 2.45) is 0 Å². The van der Waals surface area contributed by atoms with Crippen molar-refractivity contribution in [3.8, 4) is 0 Å². The van der Waals surface area contributed by atoms with Gasteiger partial charge in [0.1, 0.15) is 10.7 Å². The van der Waals surface area contributed by atoms with Gasteiger partial charge in [-0.1, -0.05) is 11.4 Å². The van der Waals surface area contributed by atoms with E-state index in [1.165, 1.54) is 11.5 Å². The SMILES string of the molecule is CCNC(=O)CN(CC)Cc1nnsc1NCC.